The standard InChI is InChI=1S/C25H34BrN3O4S/c1-6-7-13-27-25(31)20(4)28(16-21-10-8-9-18(2)14-21)24(30)17-29(34(5,32)33)22-11-12-23(26)19(3)15-22/h8-12,14-15,20H,6-7,13,16-17H2,1-5H3,(H,27,31)/t20-/m1/s1. The minimum Gasteiger partial charge on any atom is -0.354 e. The van der Waals surface area contributed by atoms with Crippen LogP contribution in [0.3, 0.4) is 0 Å². The monoisotopic (exact) mass is 551 g/mol. The van der Waals surface area contributed by atoms with E-state index in [1.165, 1.54) is 4.90 Å². The summed E-state index contributed by atoms with van der Waals surface area (Å²) in [6.07, 6.45) is 2.86. The number of halogens is 1. The van der Waals surface area contributed by atoms with Crippen LogP contribution in [0, 0.1) is 13.8 Å². The third kappa shape index (κ3) is 7.84. The molecule has 0 saturated heterocycles. The SMILES string of the molecule is CCCCNC(=O)[C@@H](C)N(Cc1cccc(C)c1)C(=O)CN(c1ccc(Br)c(C)c1)S(C)(=O)=O. The fourth-order valence-corrected chi connectivity index (χ4v) is 4.61. The summed E-state index contributed by atoms with van der Waals surface area (Å²) in [5, 5.41) is 2.87. The Labute approximate surface area is 211 Å². The Morgan fingerprint density at radius 3 is 2.41 bits per heavy atom. The maximum atomic E-state index is 13.5. The highest BCUT2D eigenvalue weighted by atomic mass is 79.9. The summed E-state index contributed by atoms with van der Waals surface area (Å²) in [5.41, 5.74) is 3.14. The maximum absolute atomic E-state index is 13.5. The first-order chi connectivity index (χ1) is 15.9. The molecule has 0 aliphatic carbocycles. The summed E-state index contributed by atoms with van der Waals surface area (Å²) in [6, 6.07) is 12.0. The molecule has 2 rings (SSSR count). The van der Waals surface area contributed by atoms with Gasteiger partial charge in [0.1, 0.15) is 12.6 Å². The number of hydrogen-bond acceptors (Lipinski definition) is 4. The van der Waals surface area contributed by atoms with E-state index in [0.29, 0.717) is 12.2 Å². The van der Waals surface area contributed by atoms with Gasteiger partial charge in [0.25, 0.3) is 0 Å². The smallest absolute Gasteiger partial charge is 0.244 e. The Balaban J connectivity index is 2.37. The minimum absolute atomic E-state index is 0.194. The molecule has 1 N–H and O–H groups in total. The lowest BCUT2D eigenvalue weighted by atomic mass is 10.1. The fraction of sp³-hybridized carbons (Fsp3) is 0.440. The van der Waals surface area contributed by atoms with Crippen LogP contribution in [0.25, 0.3) is 0 Å². The van der Waals surface area contributed by atoms with Gasteiger partial charge in [0.2, 0.25) is 21.8 Å². The second-order valence-electron chi connectivity index (χ2n) is 8.53. The van der Waals surface area contributed by atoms with Crippen molar-refractivity contribution in [3.63, 3.8) is 0 Å². The zero-order valence-electron chi connectivity index (χ0n) is 20.5. The van der Waals surface area contributed by atoms with Crippen molar-refractivity contribution in [2.45, 2.75) is 53.1 Å². The topological polar surface area (TPSA) is 86.8 Å². The van der Waals surface area contributed by atoms with Crippen molar-refractivity contribution in [2.75, 3.05) is 23.7 Å². The first-order valence-electron chi connectivity index (χ1n) is 11.3. The molecule has 0 radical (unpaired) electrons. The van der Waals surface area contributed by atoms with Gasteiger partial charge in [0.05, 0.1) is 11.9 Å². The molecule has 186 valence electrons. The predicted molar refractivity (Wildman–Crippen MR) is 140 cm³/mol. The van der Waals surface area contributed by atoms with Crippen molar-refractivity contribution in [2.24, 2.45) is 0 Å². The van der Waals surface area contributed by atoms with Crippen LogP contribution in [-0.4, -0.2) is 50.5 Å². The Kier molecular flexibility index (Phi) is 10.1. The van der Waals surface area contributed by atoms with E-state index >= 15 is 0 Å². The van der Waals surface area contributed by atoms with Gasteiger partial charge in [-0.25, -0.2) is 8.42 Å². The molecule has 9 heteroatoms. The number of carbonyl (C=O) groups is 2. The molecule has 0 aliphatic rings. The first kappa shape index (κ1) is 27.9. The number of nitrogens with one attached hydrogen (secondary N) is 1. The highest BCUT2D eigenvalue weighted by molar-refractivity contribution is 9.10. The van der Waals surface area contributed by atoms with Crippen LogP contribution in [-0.2, 0) is 26.2 Å². The van der Waals surface area contributed by atoms with Crippen molar-refractivity contribution in [1.29, 1.82) is 0 Å². The Bertz CT molecular complexity index is 1120. The minimum atomic E-state index is -3.75. The zero-order valence-corrected chi connectivity index (χ0v) is 22.9. The van der Waals surface area contributed by atoms with Crippen LogP contribution in [0.15, 0.2) is 46.9 Å². The van der Waals surface area contributed by atoms with Crippen LogP contribution in [0.5, 0.6) is 0 Å². The van der Waals surface area contributed by atoms with E-state index in [0.717, 1.165) is 44.6 Å². The fourth-order valence-electron chi connectivity index (χ4n) is 3.52. The summed E-state index contributed by atoms with van der Waals surface area (Å²) in [7, 11) is -3.75. The summed E-state index contributed by atoms with van der Waals surface area (Å²) in [5.74, 6) is -0.717. The molecule has 0 aromatic heterocycles. The van der Waals surface area contributed by atoms with Gasteiger partial charge in [-0.05, 0) is 56.5 Å². The molecule has 0 spiro atoms. The molecule has 34 heavy (non-hydrogen) atoms. The quantitative estimate of drug-likeness (QED) is 0.424. The number of rotatable bonds is 11. The van der Waals surface area contributed by atoms with Crippen molar-refractivity contribution in [1.82, 2.24) is 10.2 Å². The van der Waals surface area contributed by atoms with Gasteiger partial charge in [-0.2, -0.15) is 0 Å². The van der Waals surface area contributed by atoms with Crippen molar-refractivity contribution in [3.05, 3.63) is 63.6 Å². The van der Waals surface area contributed by atoms with Crippen molar-refractivity contribution >= 4 is 43.5 Å². The normalized spacial score (nSPS) is 12.2. The number of amides is 2. The van der Waals surface area contributed by atoms with Gasteiger partial charge in [-0.1, -0.05) is 59.1 Å². The molecule has 2 amide bonds. The lowest BCUT2D eigenvalue weighted by molar-refractivity contribution is -0.139. The number of sulfonamides is 1. The number of carbonyl (C=O) groups excluding carboxylic acids is 2. The number of aryl methyl sites for hydroxylation is 2. The molecule has 0 heterocycles. The molecular formula is C25H34BrN3O4S. The molecule has 0 bridgehead atoms. The van der Waals surface area contributed by atoms with Gasteiger partial charge in [-0.3, -0.25) is 13.9 Å². The number of nitrogens with zero attached hydrogens (tertiary/aromatic N) is 2. The summed E-state index contributed by atoms with van der Waals surface area (Å²) in [4.78, 5) is 27.8. The van der Waals surface area contributed by atoms with Gasteiger partial charge in [-0.15, -0.1) is 0 Å². The largest absolute Gasteiger partial charge is 0.354 e. The second kappa shape index (κ2) is 12.4. The molecule has 2 aromatic rings. The van der Waals surface area contributed by atoms with Crippen LogP contribution in [0.2, 0.25) is 0 Å². The number of benzene rings is 2. The van der Waals surface area contributed by atoms with Gasteiger partial charge in [0.15, 0.2) is 0 Å². The average Bonchev–Trinajstić information content (AvgIpc) is 2.76. The first-order valence-corrected chi connectivity index (χ1v) is 13.9. The van der Waals surface area contributed by atoms with Gasteiger partial charge >= 0.3 is 0 Å². The predicted octanol–water partition coefficient (Wildman–Crippen LogP) is 4.17. The van der Waals surface area contributed by atoms with E-state index < -0.39 is 28.5 Å². The van der Waals surface area contributed by atoms with Gasteiger partial charge in [0, 0.05) is 17.6 Å². The molecule has 7 nitrogen and oxygen atoms in total. The third-order valence-corrected chi connectivity index (χ3v) is 7.57. The lowest BCUT2D eigenvalue weighted by Crippen LogP contribution is -2.51. The van der Waals surface area contributed by atoms with Crippen LogP contribution >= 0.6 is 15.9 Å². The Morgan fingerprint density at radius 1 is 1.12 bits per heavy atom. The molecule has 2 aromatic carbocycles. The molecular weight excluding hydrogens is 518 g/mol. The van der Waals surface area contributed by atoms with E-state index in [-0.39, 0.29) is 12.5 Å². The maximum Gasteiger partial charge on any atom is 0.244 e. The van der Waals surface area contributed by atoms with E-state index in [1.807, 2.05) is 45.0 Å². The molecule has 0 fully saturated rings. The Hall–Kier alpha value is -2.39. The van der Waals surface area contributed by atoms with Crippen molar-refractivity contribution < 1.29 is 18.0 Å². The third-order valence-electron chi connectivity index (χ3n) is 5.54. The Morgan fingerprint density at radius 2 is 1.82 bits per heavy atom. The number of hydrogen-bond donors (Lipinski definition) is 1. The molecule has 0 saturated carbocycles. The molecule has 1 atom stereocenters. The second-order valence-corrected chi connectivity index (χ2v) is 11.3. The van der Waals surface area contributed by atoms with Crippen LogP contribution in [0.1, 0.15) is 43.4 Å². The summed E-state index contributed by atoms with van der Waals surface area (Å²) < 4.78 is 27.2. The lowest BCUT2D eigenvalue weighted by Gasteiger charge is -2.31. The van der Waals surface area contributed by atoms with E-state index in [1.54, 1.807) is 25.1 Å². The van der Waals surface area contributed by atoms with E-state index in [4.69, 9.17) is 0 Å². The molecule has 0 aliphatic heterocycles. The number of unbranched alkanes of at least 4 members (excludes halogenated alkanes) is 1. The van der Waals surface area contributed by atoms with Crippen LogP contribution < -0.4 is 9.62 Å². The van der Waals surface area contributed by atoms with Crippen molar-refractivity contribution in [3.8, 4) is 0 Å². The van der Waals surface area contributed by atoms with E-state index in [9.17, 15) is 18.0 Å². The highest BCUT2D eigenvalue weighted by Gasteiger charge is 2.30. The summed E-state index contributed by atoms with van der Waals surface area (Å²) >= 11 is 3.42. The van der Waals surface area contributed by atoms with Gasteiger partial charge < -0.3 is 10.2 Å². The zero-order chi connectivity index (χ0) is 25.5. The number of anilines is 1. The summed E-state index contributed by atoms with van der Waals surface area (Å²) in [6.45, 7) is 7.83. The molecule has 0 unspecified atom stereocenters. The van der Waals surface area contributed by atoms with E-state index in [2.05, 4.69) is 21.2 Å². The highest BCUT2D eigenvalue weighted by Crippen LogP contribution is 2.25. The van der Waals surface area contributed by atoms with Crippen LogP contribution in [0.4, 0.5) is 5.69 Å². The average molecular weight is 553 g/mol.